The van der Waals surface area contributed by atoms with Crippen LogP contribution >= 0.6 is 11.8 Å². The molecule has 0 radical (unpaired) electrons. The number of hydrogen-bond acceptors (Lipinski definition) is 3. The molecule has 26 heavy (non-hydrogen) atoms. The van der Waals surface area contributed by atoms with Gasteiger partial charge in [0.15, 0.2) is 10.9 Å². The summed E-state index contributed by atoms with van der Waals surface area (Å²) in [5.41, 5.74) is 3.63. The summed E-state index contributed by atoms with van der Waals surface area (Å²) in [5.74, 6) is 0.925. The lowest BCUT2D eigenvalue weighted by molar-refractivity contribution is -0.109. The van der Waals surface area contributed by atoms with Crippen LogP contribution in [0, 0.1) is 6.92 Å². The van der Waals surface area contributed by atoms with Gasteiger partial charge in [-0.15, -0.1) is 0 Å². The predicted molar refractivity (Wildman–Crippen MR) is 109 cm³/mol. The normalized spacial score (nSPS) is 11.0. The number of thioether (sulfide) groups is 1. The van der Waals surface area contributed by atoms with Gasteiger partial charge in [-0.1, -0.05) is 60.3 Å². The van der Waals surface area contributed by atoms with Crippen LogP contribution in [0.5, 0.6) is 0 Å². The standard InChI is InChI=1S/C22H23NO2S/c1-16-21(22(25)18-10-4-3-5-11-18)19-12-6-7-13-20(19)23(16)14-8-9-15-26-17(2)24/h3-7,10-13H,8-9,14-15H2,1-2H3. The molecule has 0 N–H and O–H groups in total. The van der Waals surface area contributed by atoms with E-state index in [-0.39, 0.29) is 10.9 Å². The van der Waals surface area contributed by atoms with Crippen LogP contribution in [0.1, 0.15) is 41.4 Å². The van der Waals surface area contributed by atoms with Gasteiger partial charge in [-0.05, 0) is 25.8 Å². The second-order valence-electron chi connectivity index (χ2n) is 6.37. The van der Waals surface area contributed by atoms with E-state index in [1.165, 1.54) is 11.8 Å². The van der Waals surface area contributed by atoms with E-state index in [0.29, 0.717) is 0 Å². The van der Waals surface area contributed by atoms with Gasteiger partial charge in [0.25, 0.3) is 0 Å². The Morgan fingerprint density at radius 2 is 1.65 bits per heavy atom. The third-order valence-electron chi connectivity index (χ3n) is 4.58. The molecule has 4 heteroatoms. The molecule has 3 nitrogen and oxygen atoms in total. The van der Waals surface area contributed by atoms with Crippen molar-refractivity contribution in [3.8, 4) is 0 Å². The summed E-state index contributed by atoms with van der Waals surface area (Å²) in [6.07, 6.45) is 1.97. The highest BCUT2D eigenvalue weighted by atomic mass is 32.2. The molecule has 0 atom stereocenters. The average molecular weight is 365 g/mol. The van der Waals surface area contributed by atoms with Crippen LogP contribution in [0.2, 0.25) is 0 Å². The molecule has 1 heterocycles. The van der Waals surface area contributed by atoms with E-state index in [4.69, 9.17) is 0 Å². The van der Waals surface area contributed by atoms with E-state index >= 15 is 0 Å². The van der Waals surface area contributed by atoms with Crippen molar-refractivity contribution in [1.29, 1.82) is 0 Å². The van der Waals surface area contributed by atoms with Crippen LogP contribution in [0.3, 0.4) is 0 Å². The second kappa shape index (κ2) is 8.37. The maximum Gasteiger partial charge on any atom is 0.195 e. The highest BCUT2D eigenvalue weighted by molar-refractivity contribution is 8.13. The maximum atomic E-state index is 13.1. The Morgan fingerprint density at radius 3 is 2.38 bits per heavy atom. The molecule has 0 aliphatic rings. The number of ketones is 1. The Bertz CT molecular complexity index is 928. The number of para-hydroxylation sites is 1. The average Bonchev–Trinajstić information content (AvgIpc) is 2.93. The third-order valence-corrected chi connectivity index (χ3v) is 5.47. The van der Waals surface area contributed by atoms with Crippen molar-refractivity contribution in [2.45, 2.75) is 33.2 Å². The number of benzene rings is 2. The van der Waals surface area contributed by atoms with E-state index in [1.54, 1.807) is 6.92 Å². The van der Waals surface area contributed by atoms with Gasteiger partial charge in [-0.2, -0.15) is 0 Å². The van der Waals surface area contributed by atoms with Gasteiger partial charge in [0, 0.05) is 41.4 Å². The Morgan fingerprint density at radius 1 is 0.962 bits per heavy atom. The summed E-state index contributed by atoms with van der Waals surface area (Å²) < 4.78 is 2.24. The fourth-order valence-corrected chi connectivity index (χ4v) is 3.96. The van der Waals surface area contributed by atoms with Gasteiger partial charge in [0.05, 0.1) is 5.56 Å². The van der Waals surface area contributed by atoms with Crippen LogP contribution in [0.25, 0.3) is 10.9 Å². The van der Waals surface area contributed by atoms with Crippen LogP contribution in [0.4, 0.5) is 0 Å². The monoisotopic (exact) mass is 365 g/mol. The predicted octanol–water partition coefficient (Wildman–Crippen LogP) is 5.24. The lowest BCUT2D eigenvalue weighted by Crippen LogP contribution is -2.06. The lowest BCUT2D eigenvalue weighted by atomic mass is 10.0. The smallest absolute Gasteiger partial charge is 0.195 e. The molecule has 0 spiro atoms. The molecule has 3 rings (SSSR count). The molecular weight excluding hydrogens is 342 g/mol. The first-order chi connectivity index (χ1) is 12.6. The van der Waals surface area contributed by atoms with Crippen molar-refractivity contribution in [3.05, 3.63) is 71.4 Å². The summed E-state index contributed by atoms with van der Waals surface area (Å²) in [6.45, 7) is 4.49. The van der Waals surface area contributed by atoms with Gasteiger partial charge in [0.2, 0.25) is 0 Å². The van der Waals surface area contributed by atoms with Gasteiger partial charge < -0.3 is 4.57 Å². The third kappa shape index (κ3) is 3.91. The van der Waals surface area contributed by atoms with E-state index in [9.17, 15) is 9.59 Å². The fraction of sp³-hybridized carbons (Fsp3) is 0.273. The van der Waals surface area contributed by atoms with Crippen molar-refractivity contribution < 1.29 is 9.59 Å². The van der Waals surface area contributed by atoms with Crippen molar-refractivity contribution in [2.75, 3.05) is 5.75 Å². The quantitative estimate of drug-likeness (QED) is 0.424. The Kier molecular flexibility index (Phi) is 5.94. The number of fused-ring (bicyclic) bond motifs is 1. The minimum atomic E-state index is 0.0742. The van der Waals surface area contributed by atoms with Crippen molar-refractivity contribution in [3.63, 3.8) is 0 Å². The molecule has 0 bridgehead atoms. The van der Waals surface area contributed by atoms with E-state index in [1.807, 2.05) is 55.5 Å². The van der Waals surface area contributed by atoms with Gasteiger partial charge in [0.1, 0.15) is 0 Å². The van der Waals surface area contributed by atoms with Crippen LogP contribution in [-0.4, -0.2) is 21.2 Å². The first-order valence-electron chi connectivity index (χ1n) is 8.90. The van der Waals surface area contributed by atoms with Gasteiger partial charge in [-0.25, -0.2) is 0 Å². The molecule has 134 valence electrons. The van der Waals surface area contributed by atoms with Crippen molar-refractivity contribution >= 4 is 33.6 Å². The molecule has 0 aliphatic heterocycles. The molecule has 0 aliphatic carbocycles. The summed E-state index contributed by atoms with van der Waals surface area (Å²) in [4.78, 5) is 24.1. The molecule has 2 aromatic carbocycles. The molecule has 1 aromatic heterocycles. The zero-order valence-electron chi connectivity index (χ0n) is 15.2. The molecule has 0 saturated heterocycles. The number of unbranched alkanes of at least 4 members (excludes halogenated alkanes) is 1. The second-order valence-corrected chi connectivity index (χ2v) is 7.64. The Hall–Kier alpha value is -2.33. The molecule has 3 aromatic rings. The number of rotatable bonds is 7. The highest BCUT2D eigenvalue weighted by Crippen LogP contribution is 2.28. The largest absolute Gasteiger partial charge is 0.344 e. The van der Waals surface area contributed by atoms with E-state index < -0.39 is 0 Å². The fourth-order valence-electron chi connectivity index (χ4n) is 3.33. The lowest BCUT2D eigenvalue weighted by Gasteiger charge is -2.08. The van der Waals surface area contributed by atoms with Gasteiger partial charge in [-0.3, -0.25) is 9.59 Å². The zero-order chi connectivity index (χ0) is 18.5. The summed E-state index contributed by atoms with van der Waals surface area (Å²) >= 11 is 1.38. The summed E-state index contributed by atoms with van der Waals surface area (Å²) in [6, 6.07) is 17.6. The molecule has 0 unspecified atom stereocenters. The topological polar surface area (TPSA) is 39.1 Å². The maximum absolute atomic E-state index is 13.1. The molecule has 0 amide bonds. The van der Waals surface area contributed by atoms with Crippen LogP contribution in [-0.2, 0) is 11.3 Å². The summed E-state index contributed by atoms with van der Waals surface area (Å²) in [7, 11) is 0. The molecule has 0 fully saturated rings. The Labute approximate surface area is 158 Å². The van der Waals surface area contributed by atoms with Gasteiger partial charge >= 0.3 is 0 Å². The highest BCUT2D eigenvalue weighted by Gasteiger charge is 2.20. The number of aromatic nitrogens is 1. The summed E-state index contributed by atoms with van der Waals surface area (Å²) in [5, 5.41) is 1.18. The molecule has 0 saturated carbocycles. The van der Waals surface area contributed by atoms with Crippen LogP contribution < -0.4 is 0 Å². The number of nitrogens with zero attached hydrogens (tertiary/aromatic N) is 1. The first kappa shape index (κ1) is 18.5. The van der Waals surface area contributed by atoms with E-state index in [0.717, 1.165) is 52.9 Å². The Balaban J connectivity index is 1.89. The number of aryl methyl sites for hydroxylation is 1. The van der Waals surface area contributed by atoms with Crippen LogP contribution in [0.15, 0.2) is 54.6 Å². The number of carbonyl (C=O) groups excluding carboxylic acids is 2. The first-order valence-corrected chi connectivity index (χ1v) is 9.89. The van der Waals surface area contributed by atoms with E-state index in [2.05, 4.69) is 10.6 Å². The number of carbonyl (C=O) groups is 2. The van der Waals surface area contributed by atoms with Crippen molar-refractivity contribution in [2.24, 2.45) is 0 Å². The SMILES string of the molecule is CC(=O)SCCCCn1c(C)c(C(=O)c2ccccc2)c2ccccc21. The minimum Gasteiger partial charge on any atom is -0.344 e. The number of hydrogen-bond donors (Lipinski definition) is 0. The zero-order valence-corrected chi connectivity index (χ0v) is 16.0. The minimum absolute atomic E-state index is 0.0742. The molecular formula is C22H23NO2S. The van der Waals surface area contributed by atoms with Crippen molar-refractivity contribution in [1.82, 2.24) is 4.57 Å².